The Labute approximate surface area is 411 Å². The zero-order chi connectivity index (χ0) is 46.5. The molecule has 12 aromatic rings. The summed E-state index contributed by atoms with van der Waals surface area (Å²) in [5.74, 6) is 1.27. The summed E-state index contributed by atoms with van der Waals surface area (Å²) in [6.07, 6.45) is 1.70. The van der Waals surface area contributed by atoms with E-state index in [0.29, 0.717) is 0 Å². The molecule has 10 aromatic carbocycles. The minimum atomic E-state index is -0.161. The first-order valence-corrected chi connectivity index (χ1v) is 25.6. The number of fused-ring (bicyclic) bond motifs is 11. The van der Waals surface area contributed by atoms with Crippen molar-refractivity contribution in [3.63, 3.8) is 0 Å². The highest BCUT2D eigenvalue weighted by Gasteiger charge is 2.35. The monoisotopic (exact) mass is 916 g/mol. The maximum Gasteiger partial charge on any atom is 0.155 e. The van der Waals surface area contributed by atoms with Crippen LogP contribution in [0.25, 0.3) is 85.9 Å². The fourth-order valence-electron chi connectivity index (χ4n) is 12.1. The fraction of sp³-hybridized carbons (Fsp3) is 0.121. The molecule has 0 N–H and O–H groups in total. The number of hydrogen-bond acceptors (Lipinski definition) is 4. The Balaban J connectivity index is 0.996. The Bertz CT molecular complexity index is 4140. The van der Waals surface area contributed by atoms with Crippen molar-refractivity contribution >= 4 is 86.5 Å². The summed E-state index contributed by atoms with van der Waals surface area (Å²) < 4.78 is 9.64. The normalized spacial score (nSPS) is 17.9. The Morgan fingerprint density at radius 1 is 0.486 bits per heavy atom. The lowest BCUT2D eigenvalue weighted by atomic mass is 9.69. The molecule has 70 heavy (non-hydrogen) atoms. The van der Waals surface area contributed by atoms with E-state index in [1.807, 2.05) is 11.3 Å². The molecule has 2 aromatic heterocycles. The van der Waals surface area contributed by atoms with Crippen LogP contribution in [-0.2, 0) is 6.42 Å². The average molecular weight is 917 g/mol. The van der Waals surface area contributed by atoms with Gasteiger partial charge in [0.15, 0.2) is 5.84 Å². The average Bonchev–Trinajstić information content (AvgIpc) is 3.98. The second-order valence-electron chi connectivity index (χ2n) is 19.5. The third kappa shape index (κ3) is 6.69. The first-order valence-electron chi connectivity index (χ1n) is 24.8. The van der Waals surface area contributed by atoms with Crippen LogP contribution in [0.15, 0.2) is 221 Å². The van der Waals surface area contributed by atoms with E-state index >= 15 is 0 Å². The number of hydrogen-bond donors (Lipinski definition) is 0. The summed E-state index contributed by atoms with van der Waals surface area (Å²) in [7, 11) is 0. The van der Waals surface area contributed by atoms with Gasteiger partial charge in [-0.2, -0.15) is 0 Å². The van der Waals surface area contributed by atoms with Crippen LogP contribution < -0.4 is 0 Å². The van der Waals surface area contributed by atoms with Gasteiger partial charge in [-0.05, 0) is 151 Å². The van der Waals surface area contributed by atoms with Gasteiger partial charge in [-0.15, -0.1) is 11.3 Å². The van der Waals surface area contributed by atoms with Crippen molar-refractivity contribution in [1.82, 2.24) is 0 Å². The molecule has 14 rings (SSSR count). The van der Waals surface area contributed by atoms with Gasteiger partial charge in [0.05, 0.1) is 11.8 Å². The first-order chi connectivity index (χ1) is 34.5. The molecule has 3 unspecified atom stereocenters. The number of furan rings is 1. The third-order valence-electron chi connectivity index (χ3n) is 15.5. The Hall–Kier alpha value is -7.92. The Kier molecular flexibility index (Phi) is 9.60. The van der Waals surface area contributed by atoms with E-state index in [9.17, 15) is 0 Å². The molecule has 3 nitrogen and oxygen atoms in total. The molecule has 2 aliphatic rings. The van der Waals surface area contributed by atoms with Crippen molar-refractivity contribution in [2.45, 2.75) is 44.6 Å². The highest BCUT2D eigenvalue weighted by atomic mass is 32.1. The van der Waals surface area contributed by atoms with E-state index in [1.54, 1.807) is 0 Å². The van der Waals surface area contributed by atoms with Crippen LogP contribution >= 0.6 is 11.3 Å². The summed E-state index contributed by atoms with van der Waals surface area (Å²) >= 11 is 1.86. The van der Waals surface area contributed by atoms with Crippen molar-refractivity contribution in [3.05, 3.63) is 240 Å². The minimum Gasteiger partial charge on any atom is -0.456 e. The summed E-state index contributed by atoms with van der Waals surface area (Å²) in [6.45, 7) is 4.72. The number of amidine groups is 1. The molecule has 0 bridgehead atoms. The van der Waals surface area contributed by atoms with E-state index in [-0.39, 0.29) is 23.8 Å². The van der Waals surface area contributed by atoms with Crippen molar-refractivity contribution < 1.29 is 4.42 Å². The lowest BCUT2D eigenvalue weighted by Crippen LogP contribution is -2.28. The van der Waals surface area contributed by atoms with Gasteiger partial charge in [0.1, 0.15) is 11.2 Å². The van der Waals surface area contributed by atoms with Crippen LogP contribution in [-0.4, -0.2) is 11.5 Å². The molecule has 4 heteroatoms. The maximum atomic E-state index is 7.04. The molecule has 0 saturated carbocycles. The van der Waals surface area contributed by atoms with Crippen LogP contribution in [0.5, 0.6) is 0 Å². The van der Waals surface area contributed by atoms with Crippen molar-refractivity contribution in [1.29, 1.82) is 0 Å². The zero-order valence-corrected chi connectivity index (χ0v) is 39.9. The van der Waals surface area contributed by atoms with Crippen LogP contribution in [0.2, 0.25) is 0 Å². The second kappa shape index (κ2) is 16.4. The molecule has 0 amide bonds. The molecule has 0 saturated heterocycles. The lowest BCUT2D eigenvalue weighted by Gasteiger charge is -2.34. The van der Waals surface area contributed by atoms with Gasteiger partial charge in [-0.25, -0.2) is 4.99 Å². The van der Waals surface area contributed by atoms with Crippen LogP contribution in [0, 0.1) is 5.92 Å². The van der Waals surface area contributed by atoms with Gasteiger partial charge < -0.3 is 4.42 Å². The quantitative estimate of drug-likeness (QED) is 0.157. The predicted molar refractivity (Wildman–Crippen MR) is 296 cm³/mol. The fourth-order valence-corrected chi connectivity index (χ4v) is 13.2. The summed E-state index contributed by atoms with van der Waals surface area (Å²) in [6, 6.07) is 75.9. The van der Waals surface area contributed by atoms with Crippen molar-refractivity contribution in [2.75, 3.05) is 0 Å². The van der Waals surface area contributed by atoms with Gasteiger partial charge in [0.2, 0.25) is 0 Å². The number of thiophene rings is 1. The molecule has 334 valence electrons. The molecule has 4 atom stereocenters. The zero-order valence-electron chi connectivity index (χ0n) is 39.1. The van der Waals surface area contributed by atoms with Crippen molar-refractivity contribution in [2.24, 2.45) is 15.9 Å². The van der Waals surface area contributed by atoms with Crippen LogP contribution in [0.4, 0.5) is 0 Å². The highest BCUT2D eigenvalue weighted by molar-refractivity contribution is 7.25. The van der Waals surface area contributed by atoms with Crippen molar-refractivity contribution in [3.8, 4) is 22.3 Å². The Morgan fingerprint density at radius 2 is 1.19 bits per heavy atom. The standard InChI is InChI=1S/C66H48N2OS/c1-3-50-64(46-23-15-22-41(30-46)40-16-5-4-6-17-40)67-66(68-65(50)47-28-29-62-57(35-47)53-26-13-14-27-61(53)70-62)49-31-48(63-58-34-44-20-9-10-21-45(44)37-59(58)69-60(63)38-49)36-54-39(2)51-24-11-12-25-52(51)55-32-42-18-7-8-19-43(42)33-56(54)55/h4-35,37-39,50,54,65H,3,36H2,1-2H3/t39?,50?,54-,65?/m1/s1. The number of nitrogens with zero attached hydrogens (tertiary/aromatic N) is 2. The molecular formula is C66H48N2OS. The topological polar surface area (TPSA) is 37.9 Å². The van der Waals surface area contributed by atoms with E-state index in [2.05, 4.69) is 220 Å². The molecule has 3 heterocycles. The number of benzene rings is 10. The smallest absolute Gasteiger partial charge is 0.155 e. The summed E-state index contributed by atoms with van der Waals surface area (Å²) in [5, 5.41) is 9.82. The van der Waals surface area contributed by atoms with Gasteiger partial charge in [-0.3, -0.25) is 4.99 Å². The number of rotatable bonds is 7. The Morgan fingerprint density at radius 3 is 2.03 bits per heavy atom. The lowest BCUT2D eigenvalue weighted by molar-refractivity contribution is 0.533. The van der Waals surface area contributed by atoms with Gasteiger partial charge >= 0.3 is 0 Å². The number of aliphatic imine (C=N–C) groups is 2. The minimum absolute atomic E-state index is 0.0495. The van der Waals surface area contributed by atoms with Gasteiger partial charge in [-0.1, -0.05) is 166 Å². The molecule has 1 aliphatic heterocycles. The molecule has 0 radical (unpaired) electrons. The highest BCUT2D eigenvalue weighted by Crippen LogP contribution is 2.51. The van der Waals surface area contributed by atoms with Gasteiger partial charge in [0, 0.05) is 42.4 Å². The molecule has 0 spiro atoms. The van der Waals surface area contributed by atoms with E-state index in [1.165, 1.54) is 91.6 Å². The predicted octanol–water partition coefficient (Wildman–Crippen LogP) is 18.1. The van der Waals surface area contributed by atoms with Crippen LogP contribution in [0.1, 0.15) is 71.5 Å². The molecule has 1 aliphatic carbocycles. The SMILES string of the molecule is CCC1C(c2cccc(-c3ccccc3)c2)=NC(c2cc(C[C@H]3c4cc5ccccc5cc4-c4ccccc4C3C)c3c(c2)oc2cc4ccccc4cc23)=NC1c1ccc2sc3ccccc3c2c1. The molecular weight excluding hydrogens is 869 g/mol. The van der Waals surface area contributed by atoms with Crippen LogP contribution in [0.3, 0.4) is 0 Å². The largest absolute Gasteiger partial charge is 0.456 e. The second-order valence-corrected chi connectivity index (χ2v) is 20.6. The summed E-state index contributed by atoms with van der Waals surface area (Å²) in [4.78, 5) is 11.5. The summed E-state index contributed by atoms with van der Waals surface area (Å²) in [5.41, 5.74) is 15.2. The molecule has 0 fully saturated rings. The maximum absolute atomic E-state index is 7.04. The first kappa shape index (κ1) is 41.1. The van der Waals surface area contributed by atoms with E-state index in [4.69, 9.17) is 14.4 Å². The van der Waals surface area contributed by atoms with E-state index < -0.39 is 0 Å². The third-order valence-corrected chi connectivity index (χ3v) is 16.7. The van der Waals surface area contributed by atoms with Gasteiger partial charge in [0.25, 0.3) is 0 Å². The van der Waals surface area contributed by atoms with E-state index in [0.717, 1.165) is 52.1 Å².